The third-order valence-corrected chi connectivity index (χ3v) is 6.19. The van der Waals surface area contributed by atoms with E-state index < -0.39 is 0 Å². The highest BCUT2D eigenvalue weighted by Crippen LogP contribution is 2.33. The van der Waals surface area contributed by atoms with Crippen LogP contribution in [0.5, 0.6) is 0 Å². The number of nitrogens with one attached hydrogen (secondary N) is 1. The van der Waals surface area contributed by atoms with Gasteiger partial charge in [0.1, 0.15) is 5.01 Å². The van der Waals surface area contributed by atoms with Crippen LogP contribution in [0.2, 0.25) is 0 Å². The van der Waals surface area contributed by atoms with Crippen LogP contribution in [0.25, 0.3) is 0 Å². The molecule has 0 bridgehead atoms. The molecule has 112 valence electrons. The number of aryl methyl sites for hydroxylation is 2. The molecule has 1 atom stereocenters. The van der Waals surface area contributed by atoms with E-state index in [0.29, 0.717) is 5.13 Å². The first-order valence-corrected chi connectivity index (χ1v) is 9.08. The molecule has 0 saturated heterocycles. The third-order valence-electron chi connectivity index (χ3n) is 3.98. The van der Waals surface area contributed by atoms with E-state index in [1.165, 1.54) is 34.6 Å². The van der Waals surface area contributed by atoms with Gasteiger partial charge >= 0.3 is 0 Å². The maximum atomic E-state index is 12.3. The Labute approximate surface area is 132 Å². The van der Waals surface area contributed by atoms with Gasteiger partial charge in [-0.05, 0) is 43.2 Å². The highest BCUT2D eigenvalue weighted by atomic mass is 32.1. The average Bonchev–Trinajstić information content (AvgIpc) is 3.12. The van der Waals surface area contributed by atoms with Crippen LogP contribution in [0.4, 0.5) is 5.13 Å². The molecule has 0 unspecified atom stereocenters. The number of hydrogen-bond donors (Lipinski definition) is 1. The van der Waals surface area contributed by atoms with Gasteiger partial charge in [-0.3, -0.25) is 10.1 Å². The van der Waals surface area contributed by atoms with Crippen molar-refractivity contribution in [2.24, 2.45) is 5.92 Å². The third kappa shape index (κ3) is 3.16. The highest BCUT2D eigenvalue weighted by molar-refractivity contribution is 7.16. The standard InChI is InChI=1S/C15H19N3OS2/c1-3-9-5-6-11-10(7-9)8-12(20-11)14(19)16-15-18-17-13(4-2)21-15/h8-9H,3-7H2,1-2H3,(H,16,18,19)/t9-/m0/s1. The van der Waals surface area contributed by atoms with Gasteiger partial charge in [0.2, 0.25) is 5.13 Å². The van der Waals surface area contributed by atoms with E-state index in [2.05, 4.69) is 28.5 Å². The van der Waals surface area contributed by atoms with Crippen molar-refractivity contribution in [2.75, 3.05) is 5.32 Å². The summed E-state index contributed by atoms with van der Waals surface area (Å²) in [5.74, 6) is 0.722. The zero-order valence-corrected chi connectivity index (χ0v) is 13.9. The molecular formula is C15H19N3OS2. The number of anilines is 1. The fourth-order valence-corrected chi connectivity index (χ4v) is 4.44. The maximum absolute atomic E-state index is 12.3. The molecule has 0 saturated carbocycles. The van der Waals surface area contributed by atoms with Crippen LogP contribution in [-0.2, 0) is 19.3 Å². The summed E-state index contributed by atoms with van der Waals surface area (Å²) >= 11 is 3.08. The summed E-state index contributed by atoms with van der Waals surface area (Å²) in [6.45, 7) is 4.28. The molecule has 1 N–H and O–H groups in total. The molecule has 1 aliphatic carbocycles. The molecule has 0 spiro atoms. The van der Waals surface area contributed by atoms with E-state index in [0.717, 1.165) is 35.1 Å². The molecule has 4 nitrogen and oxygen atoms in total. The van der Waals surface area contributed by atoms with Crippen LogP contribution in [0.3, 0.4) is 0 Å². The summed E-state index contributed by atoms with van der Waals surface area (Å²) in [6.07, 6.45) is 5.56. The van der Waals surface area contributed by atoms with E-state index in [1.54, 1.807) is 11.3 Å². The summed E-state index contributed by atoms with van der Waals surface area (Å²) in [7, 11) is 0. The Hall–Kier alpha value is -1.27. The van der Waals surface area contributed by atoms with Crippen LogP contribution >= 0.6 is 22.7 Å². The first-order valence-electron chi connectivity index (χ1n) is 7.44. The van der Waals surface area contributed by atoms with Gasteiger partial charge in [-0.1, -0.05) is 31.6 Å². The van der Waals surface area contributed by atoms with Crippen LogP contribution < -0.4 is 5.32 Å². The lowest BCUT2D eigenvalue weighted by molar-refractivity contribution is 0.103. The molecule has 6 heteroatoms. The van der Waals surface area contributed by atoms with Gasteiger partial charge in [-0.25, -0.2) is 0 Å². The largest absolute Gasteiger partial charge is 0.296 e. The number of fused-ring (bicyclic) bond motifs is 1. The topological polar surface area (TPSA) is 54.9 Å². The van der Waals surface area contributed by atoms with E-state index in [1.807, 2.05) is 6.92 Å². The van der Waals surface area contributed by atoms with Crippen molar-refractivity contribution in [3.8, 4) is 0 Å². The molecule has 1 amide bonds. The Morgan fingerprint density at radius 3 is 2.95 bits per heavy atom. The lowest BCUT2D eigenvalue weighted by atomic mass is 9.87. The number of nitrogens with zero attached hydrogens (tertiary/aromatic N) is 2. The lowest BCUT2D eigenvalue weighted by Crippen LogP contribution is -2.11. The van der Waals surface area contributed by atoms with Crippen molar-refractivity contribution in [1.29, 1.82) is 0 Å². The molecule has 21 heavy (non-hydrogen) atoms. The molecular weight excluding hydrogens is 302 g/mol. The molecule has 0 aliphatic heterocycles. The first kappa shape index (κ1) is 14.7. The second kappa shape index (κ2) is 6.23. The smallest absolute Gasteiger partial charge is 0.267 e. The van der Waals surface area contributed by atoms with Gasteiger partial charge in [0.25, 0.3) is 5.91 Å². The first-order chi connectivity index (χ1) is 10.2. The minimum Gasteiger partial charge on any atom is -0.296 e. The minimum atomic E-state index is -0.0544. The van der Waals surface area contributed by atoms with Gasteiger partial charge in [0, 0.05) is 4.88 Å². The van der Waals surface area contributed by atoms with Crippen molar-refractivity contribution < 1.29 is 4.79 Å². The van der Waals surface area contributed by atoms with Gasteiger partial charge in [-0.15, -0.1) is 21.5 Å². The zero-order chi connectivity index (χ0) is 14.8. The van der Waals surface area contributed by atoms with Crippen molar-refractivity contribution in [3.05, 3.63) is 26.4 Å². The molecule has 2 aromatic heterocycles. The Balaban J connectivity index is 1.72. The summed E-state index contributed by atoms with van der Waals surface area (Å²) in [5, 5.41) is 12.4. The molecule has 2 heterocycles. The number of rotatable bonds is 4. The maximum Gasteiger partial charge on any atom is 0.267 e. The fraction of sp³-hybridized carbons (Fsp3) is 0.533. The normalized spacial score (nSPS) is 17.5. The van der Waals surface area contributed by atoms with Crippen molar-refractivity contribution in [3.63, 3.8) is 0 Å². The van der Waals surface area contributed by atoms with Gasteiger partial charge in [0.05, 0.1) is 4.88 Å². The molecule has 1 aliphatic rings. The summed E-state index contributed by atoms with van der Waals surface area (Å²) in [5.41, 5.74) is 1.37. The molecule has 0 fully saturated rings. The zero-order valence-electron chi connectivity index (χ0n) is 12.3. The summed E-state index contributed by atoms with van der Waals surface area (Å²) < 4.78 is 0. The van der Waals surface area contributed by atoms with Gasteiger partial charge in [0.15, 0.2) is 0 Å². The number of carbonyl (C=O) groups is 1. The SMILES string of the molecule is CCc1nnc(NC(=O)c2cc3c(s2)CC[C@H](CC)C3)s1. The van der Waals surface area contributed by atoms with Crippen molar-refractivity contribution in [2.45, 2.75) is 46.0 Å². The molecule has 0 radical (unpaired) electrons. The number of carbonyl (C=O) groups excluding carboxylic acids is 1. The fourth-order valence-electron chi connectivity index (χ4n) is 2.67. The van der Waals surface area contributed by atoms with E-state index in [4.69, 9.17) is 0 Å². The number of hydrogen-bond acceptors (Lipinski definition) is 5. The average molecular weight is 321 g/mol. The minimum absolute atomic E-state index is 0.0544. The second-order valence-corrected chi connectivity index (χ2v) is 7.58. The monoisotopic (exact) mass is 321 g/mol. The lowest BCUT2D eigenvalue weighted by Gasteiger charge is -2.19. The highest BCUT2D eigenvalue weighted by Gasteiger charge is 2.22. The predicted octanol–water partition coefficient (Wildman–Crippen LogP) is 3.93. The molecule has 2 aromatic rings. The van der Waals surface area contributed by atoms with Crippen LogP contribution in [0.15, 0.2) is 6.07 Å². The van der Waals surface area contributed by atoms with Gasteiger partial charge in [-0.2, -0.15) is 0 Å². The van der Waals surface area contributed by atoms with E-state index in [9.17, 15) is 4.79 Å². The van der Waals surface area contributed by atoms with Crippen molar-refractivity contribution >= 4 is 33.7 Å². The molecule has 0 aromatic carbocycles. The van der Waals surface area contributed by atoms with E-state index in [-0.39, 0.29) is 5.91 Å². The summed E-state index contributed by atoms with van der Waals surface area (Å²) in [6, 6.07) is 2.07. The van der Waals surface area contributed by atoms with E-state index >= 15 is 0 Å². The van der Waals surface area contributed by atoms with Gasteiger partial charge < -0.3 is 0 Å². The number of thiophene rings is 1. The number of aromatic nitrogens is 2. The Morgan fingerprint density at radius 2 is 2.24 bits per heavy atom. The van der Waals surface area contributed by atoms with Crippen LogP contribution in [0, 0.1) is 5.92 Å². The van der Waals surface area contributed by atoms with Crippen molar-refractivity contribution in [1.82, 2.24) is 10.2 Å². The quantitative estimate of drug-likeness (QED) is 0.928. The Morgan fingerprint density at radius 1 is 1.38 bits per heavy atom. The second-order valence-electron chi connectivity index (χ2n) is 5.38. The Kier molecular flexibility index (Phi) is 4.35. The Bertz CT molecular complexity index is 647. The molecule has 3 rings (SSSR count). The van der Waals surface area contributed by atoms with Crippen LogP contribution in [0.1, 0.15) is 51.8 Å². The number of amides is 1. The predicted molar refractivity (Wildman–Crippen MR) is 87.4 cm³/mol. The van der Waals surface area contributed by atoms with Crippen LogP contribution in [-0.4, -0.2) is 16.1 Å². The summed E-state index contributed by atoms with van der Waals surface area (Å²) in [4.78, 5) is 14.5.